The molecule has 0 bridgehead atoms. The number of imidazole rings is 1. The first-order chi connectivity index (χ1) is 10.4. The van der Waals surface area contributed by atoms with Crippen LogP contribution in [-0.4, -0.2) is 41.0 Å². The van der Waals surface area contributed by atoms with Crippen molar-refractivity contribution in [1.82, 2.24) is 19.2 Å². The predicted molar refractivity (Wildman–Crippen MR) is 77.1 cm³/mol. The summed E-state index contributed by atoms with van der Waals surface area (Å²) in [5, 5.41) is 2.75. The van der Waals surface area contributed by atoms with Gasteiger partial charge in [0.2, 0.25) is 15.9 Å². The standard InChI is InChI=1S/C13H16N4O4S/c1-22(19,20)16-7-10-5-14-9-17(10)12(8-16)13(18)15-6-11-3-2-4-21-11/h2-5,9,12H,6-8H2,1H3,(H,15,18). The third-order valence-corrected chi connectivity index (χ3v) is 4.80. The number of hydrogen-bond acceptors (Lipinski definition) is 5. The number of sulfonamides is 1. The highest BCUT2D eigenvalue weighted by molar-refractivity contribution is 7.88. The number of aromatic nitrogens is 2. The van der Waals surface area contributed by atoms with Crippen LogP contribution >= 0.6 is 0 Å². The molecule has 1 unspecified atom stereocenters. The number of nitrogens with one attached hydrogen (secondary N) is 1. The van der Waals surface area contributed by atoms with Crippen molar-refractivity contribution < 1.29 is 17.6 Å². The van der Waals surface area contributed by atoms with Crippen LogP contribution < -0.4 is 5.32 Å². The molecule has 3 rings (SSSR count). The molecule has 1 aliphatic heterocycles. The van der Waals surface area contributed by atoms with Crippen LogP contribution in [0, 0.1) is 0 Å². The molecule has 1 N–H and O–H groups in total. The van der Waals surface area contributed by atoms with Crippen LogP contribution in [-0.2, 0) is 27.9 Å². The van der Waals surface area contributed by atoms with E-state index in [1.807, 2.05) is 0 Å². The van der Waals surface area contributed by atoms with Crippen molar-refractivity contribution in [2.24, 2.45) is 0 Å². The van der Waals surface area contributed by atoms with Crippen LogP contribution in [0.5, 0.6) is 0 Å². The molecule has 22 heavy (non-hydrogen) atoms. The monoisotopic (exact) mass is 324 g/mol. The molecule has 0 aliphatic carbocycles. The lowest BCUT2D eigenvalue weighted by Gasteiger charge is -2.32. The molecule has 118 valence electrons. The largest absolute Gasteiger partial charge is 0.467 e. The van der Waals surface area contributed by atoms with Crippen LogP contribution in [0.2, 0.25) is 0 Å². The number of fused-ring (bicyclic) bond motifs is 1. The van der Waals surface area contributed by atoms with Crippen LogP contribution in [0.4, 0.5) is 0 Å². The summed E-state index contributed by atoms with van der Waals surface area (Å²) in [7, 11) is -3.38. The van der Waals surface area contributed by atoms with Gasteiger partial charge in [-0.2, -0.15) is 4.31 Å². The number of furan rings is 1. The molecule has 0 spiro atoms. The predicted octanol–water partition coefficient (Wildman–Crippen LogP) is 0.109. The molecule has 9 heteroatoms. The molecule has 2 aromatic rings. The van der Waals surface area contributed by atoms with Gasteiger partial charge in [0.25, 0.3) is 0 Å². The fraction of sp³-hybridized carbons (Fsp3) is 0.385. The van der Waals surface area contributed by atoms with Gasteiger partial charge in [-0.05, 0) is 12.1 Å². The first-order valence-electron chi connectivity index (χ1n) is 6.71. The van der Waals surface area contributed by atoms with Crippen molar-refractivity contribution in [3.05, 3.63) is 42.4 Å². The van der Waals surface area contributed by atoms with Crippen LogP contribution in [0.25, 0.3) is 0 Å². The molecule has 0 saturated carbocycles. The molecule has 0 aromatic carbocycles. The minimum Gasteiger partial charge on any atom is -0.467 e. The minimum absolute atomic E-state index is 0.0895. The Balaban J connectivity index is 1.78. The van der Waals surface area contributed by atoms with Crippen LogP contribution in [0.3, 0.4) is 0 Å². The Bertz CT molecular complexity index is 766. The maximum atomic E-state index is 12.4. The number of hydrogen-bond donors (Lipinski definition) is 1. The molecule has 1 atom stereocenters. The van der Waals surface area contributed by atoms with Gasteiger partial charge in [-0.1, -0.05) is 0 Å². The molecule has 0 radical (unpaired) electrons. The third kappa shape index (κ3) is 2.90. The number of nitrogens with zero attached hydrogens (tertiary/aromatic N) is 3. The van der Waals surface area contributed by atoms with Gasteiger partial charge in [0, 0.05) is 12.7 Å². The fourth-order valence-electron chi connectivity index (χ4n) is 2.43. The Kier molecular flexibility index (Phi) is 3.75. The number of carbonyl (C=O) groups excluding carboxylic acids is 1. The second-order valence-corrected chi connectivity index (χ2v) is 7.14. The van der Waals surface area contributed by atoms with E-state index in [-0.39, 0.29) is 25.5 Å². The molecule has 1 amide bonds. The minimum atomic E-state index is -3.38. The van der Waals surface area contributed by atoms with Crippen LogP contribution in [0.1, 0.15) is 17.5 Å². The zero-order chi connectivity index (χ0) is 15.7. The van der Waals surface area contributed by atoms with E-state index in [1.54, 1.807) is 29.2 Å². The zero-order valence-electron chi connectivity index (χ0n) is 12.0. The maximum Gasteiger partial charge on any atom is 0.244 e. The highest BCUT2D eigenvalue weighted by Gasteiger charge is 2.33. The first-order valence-corrected chi connectivity index (χ1v) is 8.56. The zero-order valence-corrected chi connectivity index (χ0v) is 12.8. The van der Waals surface area contributed by atoms with Gasteiger partial charge in [-0.15, -0.1) is 0 Å². The van der Waals surface area contributed by atoms with E-state index < -0.39 is 16.1 Å². The average Bonchev–Trinajstić information content (AvgIpc) is 3.13. The summed E-state index contributed by atoms with van der Waals surface area (Å²) in [5.41, 5.74) is 0.690. The summed E-state index contributed by atoms with van der Waals surface area (Å²) >= 11 is 0. The molecule has 3 heterocycles. The third-order valence-electron chi connectivity index (χ3n) is 3.59. The van der Waals surface area contributed by atoms with E-state index in [0.717, 1.165) is 6.26 Å². The SMILES string of the molecule is CS(=O)(=O)N1Cc2cncn2C(C(=O)NCc2ccco2)C1. The molecule has 2 aromatic heterocycles. The molecule has 1 aliphatic rings. The van der Waals surface area contributed by atoms with Gasteiger partial charge in [0.05, 0.1) is 37.6 Å². The van der Waals surface area contributed by atoms with Crippen molar-refractivity contribution in [1.29, 1.82) is 0 Å². The van der Waals surface area contributed by atoms with Crippen molar-refractivity contribution in [2.45, 2.75) is 19.1 Å². The van der Waals surface area contributed by atoms with Gasteiger partial charge in [0.1, 0.15) is 11.8 Å². The second-order valence-electron chi connectivity index (χ2n) is 5.16. The maximum absolute atomic E-state index is 12.4. The van der Waals surface area contributed by atoms with E-state index in [9.17, 15) is 13.2 Å². The van der Waals surface area contributed by atoms with Gasteiger partial charge >= 0.3 is 0 Å². The summed E-state index contributed by atoms with van der Waals surface area (Å²) in [6, 6.07) is 2.85. The van der Waals surface area contributed by atoms with Gasteiger partial charge in [-0.3, -0.25) is 4.79 Å². The molecule has 0 fully saturated rings. The molecular formula is C13H16N4O4S. The quantitative estimate of drug-likeness (QED) is 0.861. The summed E-state index contributed by atoms with van der Waals surface area (Å²) in [6.45, 7) is 0.568. The summed E-state index contributed by atoms with van der Waals surface area (Å²) in [5.74, 6) is 0.360. The molecular weight excluding hydrogens is 308 g/mol. The molecule has 0 saturated heterocycles. The topological polar surface area (TPSA) is 97.4 Å². The first kappa shape index (κ1) is 14.8. The lowest BCUT2D eigenvalue weighted by Crippen LogP contribution is -2.46. The van der Waals surface area contributed by atoms with Gasteiger partial charge in [-0.25, -0.2) is 13.4 Å². The summed E-state index contributed by atoms with van der Waals surface area (Å²) in [4.78, 5) is 16.4. The average molecular weight is 324 g/mol. The van der Waals surface area contributed by atoms with E-state index in [1.165, 1.54) is 10.6 Å². The Morgan fingerprint density at radius 1 is 1.55 bits per heavy atom. The lowest BCUT2D eigenvalue weighted by atomic mass is 10.2. The Hall–Kier alpha value is -2.13. The lowest BCUT2D eigenvalue weighted by molar-refractivity contribution is -0.125. The van der Waals surface area contributed by atoms with Crippen molar-refractivity contribution >= 4 is 15.9 Å². The number of rotatable bonds is 4. The van der Waals surface area contributed by atoms with Gasteiger partial charge < -0.3 is 14.3 Å². The molecule has 8 nitrogen and oxygen atoms in total. The normalized spacial score (nSPS) is 18.9. The summed E-state index contributed by atoms with van der Waals surface area (Å²) < 4.78 is 31.7. The van der Waals surface area contributed by atoms with E-state index in [4.69, 9.17) is 4.42 Å². The Labute approximate surface area is 127 Å². The van der Waals surface area contributed by atoms with E-state index in [2.05, 4.69) is 10.3 Å². The highest BCUT2D eigenvalue weighted by Crippen LogP contribution is 2.23. The van der Waals surface area contributed by atoms with Crippen molar-refractivity contribution in [3.63, 3.8) is 0 Å². The van der Waals surface area contributed by atoms with E-state index in [0.29, 0.717) is 11.5 Å². The number of carbonyl (C=O) groups is 1. The van der Waals surface area contributed by atoms with Gasteiger partial charge in [0.15, 0.2) is 0 Å². The van der Waals surface area contributed by atoms with E-state index >= 15 is 0 Å². The Morgan fingerprint density at radius 3 is 3.05 bits per heavy atom. The van der Waals surface area contributed by atoms with Crippen LogP contribution in [0.15, 0.2) is 35.3 Å². The second kappa shape index (κ2) is 5.58. The smallest absolute Gasteiger partial charge is 0.244 e. The summed E-state index contributed by atoms with van der Waals surface area (Å²) in [6.07, 6.45) is 5.79. The Morgan fingerprint density at radius 2 is 2.36 bits per heavy atom. The number of amides is 1. The fourth-order valence-corrected chi connectivity index (χ4v) is 3.21. The highest BCUT2D eigenvalue weighted by atomic mass is 32.2. The van der Waals surface area contributed by atoms with Crippen molar-refractivity contribution in [3.8, 4) is 0 Å². The van der Waals surface area contributed by atoms with Crippen molar-refractivity contribution in [2.75, 3.05) is 12.8 Å².